The van der Waals surface area contributed by atoms with Crippen molar-refractivity contribution < 1.29 is 38.0 Å². The summed E-state index contributed by atoms with van der Waals surface area (Å²) >= 11 is 0. The van der Waals surface area contributed by atoms with Crippen LogP contribution in [0.4, 0.5) is 0 Å². The molecule has 0 spiro atoms. The van der Waals surface area contributed by atoms with Gasteiger partial charge in [0.05, 0.1) is 42.7 Å². The van der Waals surface area contributed by atoms with Crippen LogP contribution in [0.25, 0.3) is 0 Å². The van der Waals surface area contributed by atoms with Crippen LogP contribution in [0.1, 0.15) is 24.0 Å². The molecular weight excluding hydrogens is 472 g/mol. The molecule has 0 aliphatic carbocycles. The first-order chi connectivity index (χ1) is 17.3. The Balaban J connectivity index is 0.000000360. The normalized spacial score (nSPS) is 9.78. The molecule has 0 aromatic heterocycles. The SMILES string of the molecule is COc1cc(CCC(=O)NN)cc(OC)c1OC.COc1cc(CCC(=O)NN)cc(OC)c1OC. The molecule has 2 rings (SSSR count). The van der Waals surface area contributed by atoms with E-state index in [1.54, 1.807) is 42.7 Å². The summed E-state index contributed by atoms with van der Waals surface area (Å²) in [6.45, 7) is 0. The molecule has 0 unspecified atom stereocenters. The monoisotopic (exact) mass is 508 g/mol. The van der Waals surface area contributed by atoms with Crippen LogP contribution in [-0.2, 0) is 22.4 Å². The quantitative estimate of drug-likeness (QED) is 0.186. The number of hydrogen-bond donors (Lipinski definition) is 4. The maximum atomic E-state index is 11.1. The molecular formula is C24H36N4O8. The molecule has 2 amide bonds. The van der Waals surface area contributed by atoms with E-state index in [9.17, 15) is 9.59 Å². The Bertz CT molecular complexity index is 871. The molecule has 2 aromatic rings. The predicted octanol–water partition coefficient (Wildman–Crippen LogP) is 1.27. The maximum absolute atomic E-state index is 11.1. The molecule has 0 radical (unpaired) electrons. The van der Waals surface area contributed by atoms with E-state index in [-0.39, 0.29) is 11.8 Å². The Kier molecular flexibility index (Phi) is 13.3. The van der Waals surface area contributed by atoms with Gasteiger partial charge in [0.2, 0.25) is 23.3 Å². The van der Waals surface area contributed by atoms with Crippen LogP contribution in [0.5, 0.6) is 34.5 Å². The summed E-state index contributed by atoms with van der Waals surface area (Å²) in [4.78, 5) is 22.2. The van der Waals surface area contributed by atoms with Crippen molar-refractivity contribution in [2.45, 2.75) is 25.7 Å². The fourth-order valence-electron chi connectivity index (χ4n) is 3.22. The molecule has 0 aliphatic rings. The van der Waals surface area contributed by atoms with Gasteiger partial charge in [0.25, 0.3) is 0 Å². The Labute approximate surface area is 211 Å². The Hall–Kier alpha value is -3.90. The van der Waals surface area contributed by atoms with Crippen molar-refractivity contribution in [1.29, 1.82) is 0 Å². The summed E-state index contributed by atoms with van der Waals surface area (Å²) in [7, 11) is 9.28. The van der Waals surface area contributed by atoms with Crippen LogP contribution < -0.4 is 51.0 Å². The van der Waals surface area contributed by atoms with Crippen LogP contribution >= 0.6 is 0 Å². The van der Waals surface area contributed by atoms with Crippen molar-refractivity contribution in [1.82, 2.24) is 10.9 Å². The van der Waals surface area contributed by atoms with Gasteiger partial charge in [0.1, 0.15) is 0 Å². The van der Waals surface area contributed by atoms with Crippen LogP contribution in [0.15, 0.2) is 24.3 Å². The van der Waals surface area contributed by atoms with E-state index in [4.69, 9.17) is 40.1 Å². The van der Waals surface area contributed by atoms with E-state index in [0.717, 1.165) is 11.1 Å². The molecule has 0 atom stereocenters. The summed E-state index contributed by atoms with van der Waals surface area (Å²) in [6.07, 6.45) is 1.68. The number of ether oxygens (including phenoxy) is 6. The second-order valence-corrected chi connectivity index (χ2v) is 7.20. The predicted molar refractivity (Wildman–Crippen MR) is 133 cm³/mol. The van der Waals surface area contributed by atoms with Crippen molar-refractivity contribution >= 4 is 11.8 Å². The van der Waals surface area contributed by atoms with Crippen molar-refractivity contribution in [2.24, 2.45) is 11.7 Å². The van der Waals surface area contributed by atoms with Crippen LogP contribution in [-0.4, -0.2) is 54.5 Å². The number of amides is 2. The first-order valence-electron chi connectivity index (χ1n) is 10.9. The van der Waals surface area contributed by atoms with E-state index < -0.39 is 0 Å². The van der Waals surface area contributed by atoms with Gasteiger partial charge in [-0.05, 0) is 48.2 Å². The zero-order chi connectivity index (χ0) is 27.1. The van der Waals surface area contributed by atoms with Gasteiger partial charge in [-0.15, -0.1) is 0 Å². The summed E-state index contributed by atoms with van der Waals surface area (Å²) in [5.74, 6) is 13.0. The lowest BCUT2D eigenvalue weighted by molar-refractivity contribution is -0.121. The third-order valence-electron chi connectivity index (χ3n) is 5.05. The molecule has 36 heavy (non-hydrogen) atoms. The van der Waals surface area contributed by atoms with E-state index in [0.29, 0.717) is 60.2 Å². The molecule has 0 heterocycles. The summed E-state index contributed by atoms with van der Waals surface area (Å²) in [5.41, 5.74) is 6.00. The smallest absolute Gasteiger partial charge is 0.234 e. The molecule has 12 nitrogen and oxygen atoms in total. The minimum absolute atomic E-state index is 0.219. The standard InChI is InChI=1S/2C12H18N2O4/c2*1-16-9-6-8(4-5-11(15)14-13)7-10(17-2)12(9)18-3/h2*6-7H,4-5,13H2,1-3H3,(H,14,15). The van der Waals surface area contributed by atoms with Crippen LogP contribution in [0, 0.1) is 0 Å². The fraction of sp³-hybridized carbons (Fsp3) is 0.417. The third-order valence-corrected chi connectivity index (χ3v) is 5.05. The molecule has 0 saturated heterocycles. The maximum Gasteiger partial charge on any atom is 0.234 e. The molecule has 12 heteroatoms. The number of aryl methyl sites for hydroxylation is 2. The molecule has 6 N–H and O–H groups in total. The molecule has 200 valence electrons. The van der Waals surface area contributed by atoms with Gasteiger partial charge in [0, 0.05) is 12.8 Å². The third kappa shape index (κ3) is 8.71. The Morgan fingerprint density at radius 3 is 1.06 bits per heavy atom. The van der Waals surface area contributed by atoms with E-state index >= 15 is 0 Å². The van der Waals surface area contributed by atoms with Crippen molar-refractivity contribution in [3.63, 3.8) is 0 Å². The average Bonchev–Trinajstić information content (AvgIpc) is 2.93. The average molecular weight is 509 g/mol. The summed E-state index contributed by atoms with van der Waals surface area (Å²) in [6, 6.07) is 7.24. The number of hydrazine groups is 2. The topological polar surface area (TPSA) is 166 Å². The number of nitrogens with one attached hydrogen (secondary N) is 2. The lowest BCUT2D eigenvalue weighted by Gasteiger charge is -2.13. The first kappa shape index (κ1) is 30.1. The van der Waals surface area contributed by atoms with Crippen molar-refractivity contribution in [3.05, 3.63) is 35.4 Å². The van der Waals surface area contributed by atoms with Crippen molar-refractivity contribution in [2.75, 3.05) is 42.7 Å². The highest BCUT2D eigenvalue weighted by Gasteiger charge is 2.14. The molecule has 0 saturated carbocycles. The van der Waals surface area contributed by atoms with Gasteiger partial charge in [-0.25, -0.2) is 11.7 Å². The molecule has 0 bridgehead atoms. The zero-order valence-electron chi connectivity index (χ0n) is 21.6. The highest BCUT2D eigenvalue weighted by Crippen LogP contribution is 2.39. The second-order valence-electron chi connectivity index (χ2n) is 7.20. The minimum Gasteiger partial charge on any atom is -0.493 e. The summed E-state index contributed by atoms with van der Waals surface area (Å²) < 4.78 is 31.3. The van der Waals surface area contributed by atoms with Gasteiger partial charge >= 0.3 is 0 Å². The highest BCUT2D eigenvalue weighted by atomic mass is 16.5. The Morgan fingerprint density at radius 2 is 0.861 bits per heavy atom. The molecule has 0 aliphatic heterocycles. The lowest BCUT2D eigenvalue weighted by Crippen LogP contribution is -2.30. The number of carbonyl (C=O) groups excluding carboxylic acids is 2. The number of nitrogens with two attached hydrogens (primary N) is 2. The van der Waals surface area contributed by atoms with E-state index in [1.807, 2.05) is 24.3 Å². The number of carbonyl (C=O) groups is 2. The van der Waals surface area contributed by atoms with Gasteiger partial charge < -0.3 is 28.4 Å². The van der Waals surface area contributed by atoms with Gasteiger partial charge in [-0.2, -0.15) is 0 Å². The summed E-state index contributed by atoms with van der Waals surface area (Å²) in [5, 5.41) is 0. The van der Waals surface area contributed by atoms with Crippen molar-refractivity contribution in [3.8, 4) is 34.5 Å². The number of rotatable bonds is 12. The minimum atomic E-state index is -0.219. The number of methoxy groups -OCH3 is 6. The van der Waals surface area contributed by atoms with E-state index in [1.165, 1.54) is 0 Å². The zero-order valence-corrected chi connectivity index (χ0v) is 21.6. The second kappa shape index (κ2) is 15.9. The number of hydrogen-bond acceptors (Lipinski definition) is 10. The lowest BCUT2D eigenvalue weighted by atomic mass is 10.1. The first-order valence-corrected chi connectivity index (χ1v) is 10.9. The van der Waals surface area contributed by atoms with Crippen LogP contribution in [0.3, 0.4) is 0 Å². The van der Waals surface area contributed by atoms with Gasteiger partial charge in [0.15, 0.2) is 23.0 Å². The van der Waals surface area contributed by atoms with E-state index in [2.05, 4.69) is 10.9 Å². The molecule has 2 aromatic carbocycles. The highest BCUT2D eigenvalue weighted by molar-refractivity contribution is 5.76. The molecule has 0 fully saturated rings. The fourth-order valence-corrected chi connectivity index (χ4v) is 3.22. The van der Waals surface area contributed by atoms with Gasteiger partial charge in [-0.3, -0.25) is 20.4 Å². The number of benzene rings is 2. The van der Waals surface area contributed by atoms with Crippen LogP contribution in [0.2, 0.25) is 0 Å². The Morgan fingerprint density at radius 1 is 0.583 bits per heavy atom. The largest absolute Gasteiger partial charge is 0.493 e. The van der Waals surface area contributed by atoms with Gasteiger partial charge in [-0.1, -0.05) is 0 Å².